The van der Waals surface area contributed by atoms with Crippen molar-refractivity contribution in [2.75, 3.05) is 6.54 Å². The SMILES string of the molecule is CCNCc1ccc(Br)cc1-n1ccc(C)n1. The standard InChI is InChI=1S/C13H16BrN3/c1-3-15-9-11-4-5-12(14)8-13(11)17-7-6-10(2)16-17/h4-8,15H,3,9H2,1-2H3. The van der Waals surface area contributed by atoms with Gasteiger partial charge in [-0.15, -0.1) is 0 Å². The van der Waals surface area contributed by atoms with Crippen molar-refractivity contribution in [3.8, 4) is 5.69 Å². The first kappa shape index (κ1) is 12.3. The van der Waals surface area contributed by atoms with Crippen molar-refractivity contribution in [3.05, 3.63) is 46.2 Å². The lowest BCUT2D eigenvalue weighted by Gasteiger charge is -2.10. The van der Waals surface area contributed by atoms with Crippen LogP contribution in [0.25, 0.3) is 5.69 Å². The van der Waals surface area contributed by atoms with Gasteiger partial charge in [0.2, 0.25) is 0 Å². The van der Waals surface area contributed by atoms with Crippen molar-refractivity contribution in [1.29, 1.82) is 0 Å². The van der Waals surface area contributed by atoms with Gasteiger partial charge >= 0.3 is 0 Å². The third-order valence-corrected chi connectivity index (χ3v) is 3.08. The summed E-state index contributed by atoms with van der Waals surface area (Å²) in [4.78, 5) is 0. The van der Waals surface area contributed by atoms with E-state index < -0.39 is 0 Å². The maximum atomic E-state index is 4.46. The molecule has 1 heterocycles. The van der Waals surface area contributed by atoms with E-state index in [1.807, 2.05) is 23.9 Å². The van der Waals surface area contributed by atoms with Crippen LogP contribution in [-0.2, 0) is 6.54 Å². The molecule has 90 valence electrons. The van der Waals surface area contributed by atoms with Gasteiger partial charge in [0.1, 0.15) is 0 Å². The van der Waals surface area contributed by atoms with Crippen LogP contribution in [0.2, 0.25) is 0 Å². The number of hydrogen-bond donors (Lipinski definition) is 1. The number of aromatic nitrogens is 2. The monoisotopic (exact) mass is 293 g/mol. The Balaban J connectivity index is 2.39. The largest absolute Gasteiger partial charge is 0.313 e. The van der Waals surface area contributed by atoms with E-state index in [9.17, 15) is 0 Å². The van der Waals surface area contributed by atoms with Gasteiger partial charge in [-0.3, -0.25) is 0 Å². The Bertz CT molecular complexity index is 505. The molecule has 17 heavy (non-hydrogen) atoms. The number of nitrogens with one attached hydrogen (secondary N) is 1. The Kier molecular flexibility index (Phi) is 3.97. The Morgan fingerprint density at radius 1 is 1.35 bits per heavy atom. The van der Waals surface area contributed by atoms with E-state index in [-0.39, 0.29) is 0 Å². The third kappa shape index (κ3) is 2.96. The zero-order valence-corrected chi connectivity index (χ0v) is 11.7. The van der Waals surface area contributed by atoms with Crippen molar-refractivity contribution in [2.24, 2.45) is 0 Å². The molecule has 2 rings (SSSR count). The first-order valence-corrected chi connectivity index (χ1v) is 6.52. The zero-order valence-electron chi connectivity index (χ0n) is 10.1. The van der Waals surface area contributed by atoms with Crippen LogP contribution in [0.3, 0.4) is 0 Å². The average molecular weight is 294 g/mol. The molecule has 0 aliphatic rings. The summed E-state index contributed by atoms with van der Waals surface area (Å²) in [6.07, 6.45) is 1.99. The predicted octanol–water partition coefficient (Wildman–Crippen LogP) is 3.05. The minimum absolute atomic E-state index is 0.859. The molecule has 0 saturated heterocycles. The Morgan fingerprint density at radius 3 is 2.82 bits per heavy atom. The molecule has 2 aromatic rings. The predicted molar refractivity (Wildman–Crippen MR) is 73.4 cm³/mol. The lowest BCUT2D eigenvalue weighted by molar-refractivity contribution is 0.716. The molecule has 0 aliphatic heterocycles. The van der Waals surface area contributed by atoms with Gasteiger partial charge in [0.25, 0.3) is 0 Å². The average Bonchev–Trinajstić information content (AvgIpc) is 2.74. The van der Waals surface area contributed by atoms with Crippen LogP contribution in [0.5, 0.6) is 0 Å². The summed E-state index contributed by atoms with van der Waals surface area (Å²) in [6, 6.07) is 8.29. The Labute approximate surface area is 110 Å². The summed E-state index contributed by atoms with van der Waals surface area (Å²) >= 11 is 3.51. The quantitative estimate of drug-likeness (QED) is 0.939. The van der Waals surface area contributed by atoms with Crippen LogP contribution in [0.15, 0.2) is 34.9 Å². The highest BCUT2D eigenvalue weighted by Crippen LogP contribution is 2.20. The second-order valence-electron chi connectivity index (χ2n) is 3.96. The third-order valence-electron chi connectivity index (χ3n) is 2.58. The van der Waals surface area contributed by atoms with Crippen molar-refractivity contribution in [1.82, 2.24) is 15.1 Å². The Hall–Kier alpha value is -1.13. The number of hydrogen-bond acceptors (Lipinski definition) is 2. The van der Waals surface area contributed by atoms with Gasteiger partial charge in [-0.25, -0.2) is 4.68 Å². The summed E-state index contributed by atoms with van der Waals surface area (Å²) in [5.41, 5.74) is 3.39. The lowest BCUT2D eigenvalue weighted by Crippen LogP contribution is -2.14. The molecule has 1 aromatic carbocycles. The highest BCUT2D eigenvalue weighted by Gasteiger charge is 2.06. The minimum atomic E-state index is 0.859. The molecular formula is C13H16BrN3. The van der Waals surface area contributed by atoms with Gasteiger partial charge < -0.3 is 5.32 Å². The van der Waals surface area contributed by atoms with Crippen molar-refractivity contribution < 1.29 is 0 Å². The van der Waals surface area contributed by atoms with Gasteiger partial charge in [0.15, 0.2) is 0 Å². The first-order chi connectivity index (χ1) is 8.20. The molecule has 0 atom stereocenters. The molecule has 0 saturated carbocycles. The maximum Gasteiger partial charge on any atom is 0.0701 e. The molecule has 0 bridgehead atoms. The summed E-state index contributed by atoms with van der Waals surface area (Å²) in [7, 11) is 0. The minimum Gasteiger partial charge on any atom is -0.313 e. The fourth-order valence-electron chi connectivity index (χ4n) is 1.71. The van der Waals surface area contributed by atoms with E-state index in [0.717, 1.165) is 28.9 Å². The lowest BCUT2D eigenvalue weighted by atomic mass is 10.2. The summed E-state index contributed by atoms with van der Waals surface area (Å²) in [5.74, 6) is 0. The van der Waals surface area contributed by atoms with E-state index in [4.69, 9.17) is 0 Å². The molecular weight excluding hydrogens is 278 g/mol. The van der Waals surface area contributed by atoms with Crippen LogP contribution in [0.1, 0.15) is 18.2 Å². The summed E-state index contributed by atoms with van der Waals surface area (Å²) in [5, 5.41) is 7.80. The van der Waals surface area contributed by atoms with Crippen LogP contribution in [0.4, 0.5) is 0 Å². The van der Waals surface area contributed by atoms with Crippen molar-refractivity contribution >= 4 is 15.9 Å². The van der Waals surface area contributed by atoms with Crippen LogP contribution < -0.4 is 5.32 Å². The van der Waals surface area contributed by atoms with Crippen LogP contribution in [-0.4, -0.2) is 16.3 Å². The highest BCUT2D eigenvalue weighted by molar-refractivity contribution is 9.10. The second kappa shape index (κ2) is 5.47. The van der Waals surface area contributed by atoms with E-state index >= 15 is 0 Å². The zero-order chi connectivity index (χ0) is 12.3. The first-order valence-electron chi connectivity index (χ1n) is 5.72. The van der Waals surface area contributed by atoms with E-state index in [0.29, 0.717) is 0 Å². The number of rotatable bonds is 4. The highest BCUT2D eigenvalue weighted by atomic mass is 79.9. The number of halogens is 1. The smallest absolute Gasteiger partial charge is 0.0701 e. The molecule has 0 radical (unpaired) electrons. The van der Waals surface area contributed by atoms with Gasteiger partial charge in [0.05, 0.1) is 11.4 Å². The topological polar surface area (TPSA) is 29.9 Å². The maximum absolute atomic E-state index is 4.46. The van der Waals surface area contributed by atoms with Crippen LogP contribution in [0, 0.1) is 6.92 Å². The summed E-state index contributed by atoms with van der Waals surface area (Å²) < 4.78 is 2.99. The molecule has 0 amide bonds. The van der Waals surface area contributed by atoms with E-state index in [1.54, 1.807) is 0 Å². The normalized spacial score (nSPS) is 10.8. The van der Waals surface area contributed by atoms with E-state index in [1.165, 1.54) is 5.56 Å². The number of benzene rings is 1. The molecule has 4 heteroatoms. The van der Waals surface area contributed by atoms with Crippen molar-refractivity contribution in [2.45, 2.75) is 20.4 Å². The van der Waals surface area contributed by atoms with Crippen LogP contribution >= 0.6 is 15.9 Å². The van der Waals surface area contributed by atoms with E-state index in [2.05, 4.69) is 51.5 Å². The fourth-order valence-corrected chi connectivity index (χ4v) is 2.06. The molecule has 0 fully saturated rings. The van der Waals surface area contributed by atoms with Gasteiger partial charge in [0, 0.05) is 17.2 Å². The van der Waals surface area contributed by atoms with Gasteiger partial charge in [-0.2, -0.15) is 5.10 Å². The molecule has 3 nitrogen and oxygen atoms in total. The number of aryl methyl sites for hydroxylation is 1. The second-order valence-corrected chi connectivity index (χ2v) is 4.87. The molecule has 0 unspecified atom stereocenters. The number of nitrogens with zero attached hydrogens (tertiary/aromatic N) is 2. The summed E-state index contributed by atoms with van der Waals surface area (Å²) in [6.45, 7) is 5.93. The molecule has 1 N–H and O–H groups in total. The molecule has 0 spiro atoms. The van der Waals surface area contributed by atoms with Gasteiger partial charge in [-0.05, 0) is 37.2 Å². The Morgan fingerprint density at radius 2 is 2.18 bits per heavy atom. The van der Waals surface area contributed by atoms with Gasteiger partial charge in [-0.1, -0.05) is 28.9 Å². The fraction of sp³-hybridized carbons (Fsp3) is 0.308. The molecule has 0 aliphatic carbocycles. The van der Waals surface area contributed by atoms with Crippen molar-refractivity contribution in [3.63, 3.8) is 0 Å². The molecule has 1 aromatic heterocycles.